The second-order valence-corrected chi connectivity index (χ2v) is 4.94. The van der Waals surface area contributed by atoms with Crippen LogP contribution in [0, 0.1) is 0 Å². The Morgan fingerprint density at radius 1 is 1.32 bits per heavy atom. The summed E-state index contributed by atoms with van der Waals surface area (Å²) in [6, 6.07) is 3.60. The number of amides is 1. The number of pyridine rings is 1. The van der Waals surface area contributed by atoms with Crippen LogP contribution in [0.15, 0.2) is 12.1 Å². The molecule has 0 spiro atoms. The molecule has 0 aliphatic carbocycles. The summed E-state index contributed by atoms with van der Waals surface area (Å²) >= 11 is 0. The minimum absolute atomic E-state index is 0.0931. The molecule has 0 saturated carbocycles. The highest BCUT2D eigenvalue weighted by molar-refractivity contribution is 5.95. The first kappa shape index (κ1) is 13.8. The zero-order chi connectivity index (χ0) is 13.7. The van der Waals surface area contributed by atoms with E-state index in [0.717, 1.165) is 38.0 Å². The summed E-state index contributed by atoms with van der Waals surface area (Å²) < 4.78 is 0. The summed E-state index contributed by atoms with van der Waals surface area (Å²) in [5.41, 5.74) is 4.10. The second-order valence-electron chi connectivity index (χ2n) is 4.94. The Hall–Kier alpha value is -1.62. The van der Waals surface area contributed by atoms with Crippen LogP contribution in [-0.4, -0.2) is 28.9 Å². The molecule has 1 aliphatic rings. The van der Waals surface area contributed by atoms with Crippen molar-refractivity contribution in [1.82, 2.24) is 9.88 Å². The highest BCUT2D eigenvalue weighted by Gasteiger charge is 2.18. The number of nitrogens with zero attached hydrogens (tertiary/aromatic N) is 2. The lowest BCUT2D eigenvalue weighted by Crippen LogP contribution is -2.32. The quantitative estimate of drug-likeness (QED) is 0.645. The standard InChI is InChI=1S/C14H22N4O/c1-2-12-9-11(10-13(16-12)17-15)14(19)18-7-5-3-4-6-8-18/h9-10H,2-8,15H2,1H3,(H,16,17). The van der Waals surface area contributed by atoms with Crippen molar-refractivity contribution in [1.29, 1.82) is 0 Å². The van der Waals surface area contributed by atoms with Crippen LogP contribution >= 0.6 is 0 Å². The van der Waals surface area contributed by atoms with Crippen molar-refractivity contribution in [2.45, 2.75) is 39.0 Å². The number of hydrogen-bond donors (Lipinski definition) is 2. The average molecular weight is 262 g/mol. The van der Waals surface area contributed by atoms with E-state index in [4.69, 9.17) is 5.84 Å². The van der Waals surface area contributed by atoms with E-state index in [1.165, 1.54) is 12.8 Å². The zero-order valence-corrected chi connectivity index (χ0v) is 11.5. The van der Waals surface area contributed by atoms with Gasteiger partial charge in [0.25, 0.3) is 5.91 Å². The van der Waals surface area contributed by atoms with Crippen LogP contribution < -0.4 is 11.3 Å². The smallest absolute Gasteiger partial charge is 0.254 e. The number of nitrogen functional groups attached to an aromatic ring is 1. The van der Waals surface area contributed by atoms with E-state index in [1.54, 1.807) is 6.07 Å². The van der Waals surface area contributed by atoms with Gasteiger partial charge in [-0.25, -0.2) is 10.8 Å². The maximum atomic E-state index is 12.5. The van der Waals surface area contributed by atoms with E-state index in [9.17, 15) is 4.79 Å². The summed E-state index contributed by atoms with van der Waals surface area (Å²) in [6.07, 6.45) is 5.42. The molecule has 2 heterocycles. The molecule has 3 N–H and O–H groups in total. The number of hydrogen-bond acceptors (Lipinski definition) is 4. The predicted molar refractivity (Wildman–Crippen MR) is 75.8 cm³/mol. The van der Waals surface area contributed by atoms with E-state index >= 15 is 0 Å². The van der Waals surface area contributed by atoms with Crippen molar-refractivity contribution in [3.05, 3.63) is 23.4 Å². The molecule has 2 rings (SSSR count). The molecule has 1 amide bonds. The van der Waals surface area contributed by atoms with Gasteiger partial charge >= 0.3 is 0 Å². The third-order valence-corrected chi connectivity index (χ3v) is 3.53. The van der Waals surface area contributed by atoms with Crippen LogP contribution in [0.1, 0.15) is 48.7 Å². The molecular formula is C14H22N4O. The van der Waals surface area contributed by atoms with Crippen molar-refractivity contribution in [2.24, 2.45) is 5.84 Å². The van der Waals surface area contributed by atoms with Crippen molar-refractivity contribution < 1.29 is 4.79 Å². The highest BCUT2D eigenvalue weighted by Crippen LogP contribution is 2.16. The first-order valence-corrected chi connectivity index (χ1v) is 7.01. The summed E-state index contributed by atoms with van der Waals surface area (Å²) in [5, 5.41) is 0. The van der Waals surface area contributed by atoms with Crippen LogP contribution in [0.2, 0.25) is 0 Å². The maximum absolute atomic E-state index is 12.5. The normalized spacial score (nSPS) is 16.0. The van der Waals surface area contributed by atoms with Crippen LogP contribution in [0.25, 0.3) is 0 Å². The molecule has 0 atom stereocenters. The van der Waals surface area contributed by atoms with E-state index < -0.39 is 0 Å². The van der Waals surface area contributed by atoms with Crippen LogP contribution in [0.4, 0.5) is 5.82 Å². The van der Waals surface area contributed by atoms with Gasteiger partial charge in [0.2, 0.25) is 0 Å². The molecule has 1 saturated heterocycles. The molecule has 0 bridgehead atoms. The Morgan fingerprint density at radius 2 is 2.00 bits per heavy atom. The van der Waals surface area contributed by atoms with Gasteiger partial charge in [-0.1, -0.05) is 19.8 Å². The number of rotatable bonds is 3. The molecule has 0 radical (unpaired) electrons. The Kier molecular flexibility index (Phi) is 4.74. The van der Waals surface area contributed by atoms with Crippen LogP contribution in [0.5, 0.6) is 0 Å². The van der Waals surface area contributed by atoms with Crippen molar-refractivity contribution >= 4 is 11.7 Å². The van der Waals surface area contributed by atoms with Crippen LogP contribution in [0.3, 0.4) is 0 Å². The third kappa shape index (κ3) is 3.44. The van der Waals surface area contributed by atoms with Crippen LogP contribution in [-0.2, 0) is 6.42 Å². The Morgan fingerprint density at radius 3 is 2.58 bits per heavy atom. The first-order valence-electron chi connectivity index (χ1n) is 7.01. The highest BCUT2D eigenvalue weighted by atomic mass is 16.2. The van der Waals surface area contributed by atoms with Gasteiger partial charge in [-0.2, -0.15) is 0 Å². The Balaban J connectivity index is 2.21. The maximum Gasteiger partial charge on any atom is 0.254 e. The third-order valence-electron chi connectivity index (χ3n) is 3.53. The lowest BCUT2D eigenvalue weighted by Gasteiger charge is -2.20. The van der Waals surface area contributed by atoms with Gasteiger partial charge in [-0.3, -0.25) is 4.79 Å². The number of carbonyl (C=O) groups excluding carboxylic acids is 1. The fourth-order valence-corrected chi connectivity index (χ4v) is 2.42. The number of anilines is 1. The molecule has 5 heteroatoms. The monoisotopic (exact) mass is 262 g/mol. The van der Waals surface area contributed by atoms with Gasteiger partial charge in [-0.05, 0) is 31.4 Å². The van der Waals surface area contributed by atoms with E-state index in [0.29, 0.717) is 11.4 Å². The molecule has 19 heavy (non-hydrogen) atoms. The van der Waals surface area contributed by atoms with Crippen molar-refractivity contribution in [3.8, 4) is 0 Å². The Labute approximate surface area is 114 Å². The minimum Gasteiger partial charge on any atom is -0.339 e. The summed E-state index contributed by atoms with van der Waals surface area (Å²) in [4.78, 5) is 18.8. The SMILES string of the molecule is CCc1cc(C(=O)N2CCCCCC2)cc(NN)n1. The summed E-state index contributed by atoms with van der Waals surface area (Å²) in [7, 11) is 0. The topological polar surface area (TPSA) is 71.2 Å². The van der Waals surface area contributed by atoms with Gasteiger partial charge in [0.15, 0.2) is 0 Å². The molecule has 1 aromatic rings. The number of nitrogens with two attached hydrogens (primary N) is 1. The predicted octanol–water partition coefficient (Wildman–Crippen LogP) is 1.95. The van der Waals surface area contributed by atoms with Gasteiger partial charge in [0.1, 0.15) is 5.82 Å². The van der Waals surface area contributed by atoms with Crippen molar-refractivity contribution in [3.63, 3.8) is 0 Å². The molecule has 1 fully saturated rings. The zero-order valence-electron chi connectivity index (χ0n) is 11.5. The van der Waals surface area contributed by atoms with E-state index in [1.807, 2.05) is 17.9 Å². The summed E-state index contributed by atoms with van der Waals surface area (Å²) in [6.45, 7) is 3.73. The van der Waals surface area contributed by atoms with E-state index in [-0.39, 0.29) is 5.91 Å². The first-order chi connectivity index (χ1) is 9.24. The largest absolute Gasteiger partial charge is 0.339 e. The van der Waals surface area contributed by atoms with Gasteiger partial charge in [-0.15, -0.1) is 0 Å². The molecule has 0 aromatic carbocycles. The number of aromatic nitrogens is 1. The molecule has 5 nitrogen and oxygen atoms in total. The lowest BCUT2D eigenvalue weighted by molar-refractivity contribution is 0.0761. The minimum atomic E-state index is 0.0931. The van der Waals surface area contributed by atoms with Crippen molar-refractivity contribution in [2.75, 3.05) is 18.5 Å². The summed E-state index contributed by atoms with van der Waals surface area (Å²) in [5.74, 6) is 6.05. The molecular weight excluding hydrogens is 240 g/mol. The number of carbonyl (C=O) groups is 1. The van der Waals surface area contributed by atoms with Gasteiger partial charge in [0, 0.05) is 24.3 Å². The molecule has 0 unspecified atom stereocenters. The number of likely N-dealkylation sites (tertiary alicyclic amines) is 1. The fraction of sp³-hybridized carbons (Fsp3) is 0.571. The van der Waals surface area contributed by atoms with Gasteiger partial charge < -0.3 is 10.3 Å². The van der Waals surface area contributed by atoms with E-state index in [2.05, 4.69) is 10.4 Å². The fourth-order valence-electron chi connectivity index (χ4n) is 2.42. The molecule has 1 aliphatic heterocycles. The number of aryl methyl sites for hydroxylation is 1. The lowest BCUT2D eigenvalue weighted by atomic mass is 10.1. The average Bonchev–Trinajstić information content (AvgIpc) is 2.74. The second kappa shape index (κ2) is 6.52. The Bertz CT molecular complexity index is 417. The number of nitrogens with one attached hydrogen (secondary N) is 1. The van der Waals surface area contributed by atoms with Gasteiger partial charge in [0.05, 0.1) is 0 Å². The number of hydrazine groups is 1. The molecule has 1 aromatic heterocycles. The molecule has 104 valence electrons.